The summed E-state index contributed by atoms with van der Waals surface area (Å²) in [5.41, 5.74) is 20.1. The van der Waals surface area contributed by atoms with Crippen LogP contribution in [0.15, 0.2) is 96.1 Å². The number of aromatic amines is 1. The summed E-state index contributed by atoms with van der Waals surface area (Å²) in [4.78, 5) is 146. The number of hydrogen-bond acceptors (Lipinski definition) is 15. The summed E-state index contributed by atoms with van der Waals surface area (Å²) in [5, 5.41) is 35.0. The molecule has 0 radical (unpaired) electrons. The number of amides is 10. The number of para-hydroxylation sites is 1. The Kier molecular flexibility index (Phi) is 31.3. The van der Waals surface area contributed by atoms with Crippen LogP contribution in [0.5, 0.6) is 0 Å². The van der Waals surface area contributed by atoms with Gasteiger partial charge in [0.1, 0.15) is 48.3 Å². The lowest BCUT2D eigenvalue weighted by molar-refractivity contribution is -0.136. The standard InChI is InChI=1S/C60H87N15O11S2/c1-5-75(6-2)60(63)64-28-18-16-26-43(67-37(4)77)53(80)66-33-50(78)68-48(34-87)57(84)71-46(30-39-21-11-8-12-22-39)55(82)72-47(31-40-32-65-42-24-14-13-23-41(40)42)56(83)69-44(25-15-17-27-61)54(81)74-51(36(3)76)59(86)73-49(35-88)58(85)70-45(52(62)79)29-38-19-9-7-10-20-38/h7-14,19-24,32,36,43-49,51,65,76,87-88H,5-6,15-18,25-31,33-35,61H2,1-4H3,(H2,62,79)(H2,63,64)(H,66,80)(H,67,77)(H,68,78)(H,69,83)(H,70,85)(H,71,84)(H,72,82)(H,73,86)(H,74,81)/t36-,43-,44+,45+,46+,47-,48+,49+,51+/m1/s1. The number of thiol groups is 2. The van der Waals surface area contributed by atoms with E-state index < -0.39 is 120 Å². The number of primary amides is 1. The fourth-order valence-corrected chi connectivity index (χ4v) is 9.89. The smallest absolute Gasteiger partial charge is 0.245 e. The summed E-state index contributed by atoms with van der Waals surface area (Å²) in [5.74, 6) is -8.08. The number of carbonyl (C=O) groups is 10. The number of hydrogen-bond donors (Lipinski definition) is 16. The largest absolute Gasteiger partial charge is 0.391 e. The Morgan fingerprint density at radius 3 is 1.59 bits per heavy atom. The zero-order valence-electron chi connectivity index (χ0n) is 50.2. The van der Waals surface area contributed by atoms with Gasteiger partial charge < -0.3 is 80.0 Å². The first kappa shape index (κ1) is 72.3. The molecule has 1 aromatic heterocycles. The number of fused-ring (bicyclic) bond motifs is 1. The molecule has 0 bridgehead atoms. The number of aliphatic imine (C=N–C) groups is 1. The van der Waals surface area contributed by atoms with Crippen LogP contribution in [0.1, 0.15) is 82.9 Å². The Bertz CT molecular complexity index is 2970. The molecule has 0 aliphatic carbocycles. The molecule has 0 spiro atoms. The number of nitrogens with one attached hydrogen (secondary N) is 10. The minimum absolute atomic E-state index is 0.0266. The molecule has 1 heterocycles. The van der Waals surface area contributed by atoms with E-state index in [1.807, 2.05) is 36.9 Å². The topological polar surface area (TPSA) is 409 Å². The van der Waals surface area contributed by atoms with Gasteiger partial charge in [-0.15, -0.1) is 0 Å². The number of benzene rings is 3. The zero-order valence-corrected chi connectivity index (χ0v) is 52.0. The lowest BCUT2D eigenvalue weighted by atomic mass is 10.0. The van der Waals surface area contributed by atoms with Crippen LogP contribution in [0, 0.1) is 0 Å². The van der Waals surface area contributed by atoms with Crippen molar-refractivity contribution in [2.45, 2.75) is 140 Å². The van der Waals surface area contributed by atoms with E-state index in [-0.39, 0.29) is 50.2 Å². The Morgan fingerprint density at radius 2 is 1.05 bits per heavy atom. The van der Waals surface area contributed by atoms with Gasteiger partial charge in [-0.25, -0.2) is 0 Å². The summed E-state index contributed by atoms with van der Waals surface area (Å²) >= 11 is 8.55. The number of nitrogens with zero attached hydrogens (tertiary/aromatic N) is 2. The molecule has 88 heavy (non-hydrogen) atoms. The molecule has 0 saturated carbocycles. The van der Waals surface area contributed by atoms with Gasteiger partial charge in [0, 0.05) is 74.4 Å². The molecule has 9 atom stereocenters. The second-order valence-electron chi connectivity index (χ2n) is 21.0. The fraction of sp³-hybridized carbons (Fsp3) is 0.483. The number of H-pyrrole nitrogens is 1. The van der Waals surface area contributed by atoms with Gasteiger partial charge >= 0.3 is 0 Å². The number of carbonyl (C=O) groups excluding carboxylic acids is 10. The van der Waals surface area contributed by atoms with Crippen LogP contribution in [-0.4, -0.2) is 179 Å². The Labute approximate surface area is 523 Å². The summed E-state index contributed by atoms with van der Waals surface area (Å²) in [6, 6.07) is 13.9. The quantitative estimate of drug-likeness (QED) is 0.0110. The van der Waals surface area contributed by atoms with Crippen LogP contribution in [0.2, 0.25) is 0 Å². The molecule has 0 aliphatic heterocycles. The van der Waals surface area contributed by atoms with E-state index in [1.165, 1.54) is 13.8 Å². The van der Waals surface area contributed by atoms with E-state index in [2.05, 4.69) is 83.1 Å². The highest BCUT2D eigenvalue weighted by Crippen LogP contribution is 2.20. The van der Waals surface area contributed by atoms with Crippen molar-refractivity contribution in [3.05, 3.63) is 108 Å². The molecular weight excluding hydrogens is 1170 g/mol. The second kappa shape index (κ2) is 38.2. The maximum Gasteiger partial charge on any atom is 0.245 e. The molecule has 17 N–H and O–H groups in total. The third kappa shape index (κ3) is 24.2. The molecular formula is C60H87N15O11S2. The lowest BCUT2D eigenvalue weighted by Crippen LogP contribution is -2.62. The van der Waals surface area contributed by atoms with Crippen molar-refractivity contribution in [3.8, 4) is 0 Å². The van der Waals surface area contributed by atoms with Crippen molar-refractivity contribution in [1.29, 1.82) is 0 Å². The predicted octanol–water partition coefficient (Wildman–Crippen LogP) is -1.11. The fourth-order valence-electron chi connectivity index (χ4n) is 9.37. The molecule has 10 amide bonds. The molecule has 0 unspecified atom stereocenters. The summed E-state index contributed by atoms with van der Waals surface area (Å²) in [6.45, 7) is 7.86. The van der Waals surface area contributed by atoms with Gasteiger partial charge in [0.2, 0.25) is 59.1 Å². The molecule has 26 nitrogen and oxygen atoms in total. The number of aliphatic hydroxyl groups is 1. The van der Waals surface area contributed by atoms with Crippen molar-refractivity contribution in [2.24, 2.45) is 22.2 Å². The molecule has 0 saturated heterocycles. The first-order valence-corrected chi connectivity index (χ1v) is 30.6. The SMILES string of the molecule is CCN(CC)C(N)=NCCCC[C@@H](NC(C)=O)C(=O)NCC(=O)N[C@@H](CS)C(=O)N[C@@H](Cc1ccccc1)C(=O)N[C@H](Cc1c[nH]c2ccccc12)C(=O)N[C@@H](CCCCN)C(=O)N[C@H](C(=O)N[C@@H](CS)C(=O)N[C@@H](Cc1ccccc1)C(N)=O)[C@@H](C)O. The van der Waals surface area contributed by atoms with Gasteiger partial charge in [0.05, 0.1) is 12.6 Å². The average molecular weight is 1260 g/mol. The van der Waals surface area contributed by atoms with E-state index in [0.29, 0.717) is 73.4 Å². The minimum Gasteiger partial charge on any atom is -0.391 e. The van der Waals surface area contributed by atoms with Crippen molar-refractivity contribution in [1.82, 2.24) is 57.7 Å². The Balaban J connectivity index is 1.54. The van der Waals surface area contributed by atoms with Crippen molar-refractivity contribution < 1.29 is 53.1 Å². The number of rotatable bonds is 38. The number of unbranched alkanes of at least 4 members (excludes halogenated alkanes) is 2. The zero-order chi connectivity index (χ0) is 64.7. The van der Waals surface area contributed by atoms with Gasteiger partial charge in [-0.3, -0.25) is 52.9 Å². The van der Waals surface area contributed by atoms with Crippen molar-refractivity contribution in [2.75, 3.05) is 44.2 Å². The Morgan fingerprint density at radius 1 is 0.568 bits per heavy atom. The van der Waals surface area contributed by atoms with E-state index in [1.54, 1.807) is 72.9 Å². The first-order chi connectivity index (χ1) is 42.1. The highest BCUT2D eigenvalue weighted by Gasteiger charge is 2.36. The van der Waals surface area contributed by atoms with Gasteiger partial charge in [-0.05, 0) is 88.6 Å². The van der Waals surface area contributed by atoms with Gasteiger partial charge in [0.25, 0.3) is 0 Å². The molecule has 0 fully saturated rings. The van der Waals surface area contributed by atoms with Crippen LogP contribution >= 0.6 is 25.3 Å². The second-order valence-corrected chi connectivity index (χ2v) is 21.8. The molecule has 480 valence electrons. The molecule has 0 aliphatic rings. The lowest BCUT2D eigenvalue weighted by Gasteiger charge is -2.28. The van der Waals surface area contributed by atoms with Gasteiger partial charge in [0.15, 0.2) is 5.96 Å². The van der Waals surface area contributed by atoms with E-state index in [4.69, 9.17) is 17.2 Å². The van der Waals surface area contributed by atoms with E-state index in [0.717, 1.165) is 5.52 Å². The minimum atomic E-state index is -1.70. The molecule has 4 aromatic rings. The van der Waals surface area contributed by atoms with Crippen molar-refractivity contribution >= 4 is 101 Å². The highest BCUT2D eigenvalue weighted by atomic mass is 32.1. The van der Waals surface area contributed by atoms with E-state index in [9.17, 15) is 53.1 Å². The maximum atomic E-state index is 14.8. The van der Waals surface area contributed by atoms with Crippen LogP contribution in [-0.2, 0) is 67.2 Å². The highest BCUT2D eigenvalue weighted by molar-refractivity contribution is 7.80. The average Bonchev–Trinajstić information content (AvgIpc) is 3.70. The van der Waals surface area contributed by atoms with E-state index >= 15 is 0 Å². The molecule has 4 rings (SSSR count). The monoisotopic (exact) mass is 1260 g/mol. The van der Waals surface area contributed by atoms with Gasteiger partial charge in [-0.1, -0.05) is 78.9 Å². The number of aliphatic hydroxyl groups excluding tert-OH is 1. The van der Waals surface area contributed by atoms with Crippen LogP contribution in [0.3, 0.4) is 0 Å². The number of nitrogens with two attached hydrogens (primary N) is 3. The first-order valence-electron chi connectivity index (χ1n) is 29.4. The van der Waals surface area contributed by atoms with Crippen LogP contribution in [0.4, 0.5) is 0 Å². The Hall–Kier alpha value is -8.21. The van der Waals surface area contributed by atoms with Crippen molar-refractivity contribution in [3.63, 3.8) is 0 Å². The van der Waals surface area contributed by atoms with Crippen LogP contribution < -0.4 is 65.1 Å². The summed E-state index contributed by atoms with van der Waals surface area (Å²) in [7, 11) is 0. The third-order valence-electron chi connectivity index (χ3n) is 14.3. The maximum absolute atomic E-state index is 14.8. The predicted molar refractivity (Wildman–Crippen MR) is 341 cm³/mol. The summed E-state index contributed by atoms with van der Waals surface area (Å²) in [6.07, 6.45) is 1.90. The number of guanidine groups is 1. The van der Waals surface area contributed by atoms with Gasteiger partial charge in [-0.2, -0.15) is 25.3 Å². The normalized spacial score (nSPS) is 14.4. The molecule has 3 aromatic carbocycles. The third-order valence-corrected chi connectivity index (χ3v) is 15.0. The molecule has 28 heteroatoms. The summed E-state index contributed by atoms with van der Waals surface area (Å²) < 4.78 is 0. The van der Waals surface area contributed by atoms with Crippen LogP contribution in [0.25, 0.3) is 10.9 Å². The number of aromatic nitrogens is 1.